The van der Waals surface area contributed by atoms with Crippen molar-refractivity contribution in [2.45, 2.75) is 56.0 Å². The van der Waals surface area contributed by atoms with Crippen molar-refractivity contribution in [3.05, 3.63) is 24.3 Å². The summed E-state index contributed by atoms with van der Waals surface area (Å²) in [6.07, 6.45) is 4.66. The van der Waals surface area contributed by atoms with Gasteiger partial charge in [0.05, 0.1) is 0 Å². The summed E-state index contributed by atoms with van der Waals surface area (Å²) in [6, 6.07) is 6.74. The van der Waals surface area contributed by atoms with E-state index in [2.05, 4.69) is 19.2 Å². The average molecular weight is 291 g/mol. The number of benzene rings is 1. The van der Waals surface area contributed by atoms with Crippen LogP contribution in [0.15, 0.2) is 29.2 Å². The minimum atomic E-state index is -4.22. The molecular formula is C14H20F3NS. The van der Waals surface area contributed by atoms with E-state index in [9.17, 15) is 13.2 Å². The van der Waals surface area contributed by atoms with Gasteiger partial charge in [-0.15, -0.1) is 0 Å². The molecule has 0 saturated carbocycles. The summed E-state index contributed by atoms with van der Waals surface area (Å²) in [4.78, 5) is 0.219. The SMILES string of the molecule is CCCCCC(C)Nc1ccc(SC(F)(F)F)cc1. The third-order valence-corrected chi connectivity index (χ3v) is 3.48. The van der Waals surface area contributed by atoms with E-state index in [0.29, 0.717) is 6.04 Å². The monoisotopic (exact) mass is 291 g/mol. The Hall–Kier alpha value is -0.840. The second kappa shape index (κ2) is 7.68. The first kappa shape index (κ1) is 16.2. The lowest BCUT2D eigenvalue weighted by atomic mass is 10.1. The highest BCUT2D eigenvalue weighted by atomic mass is 32.2. The van der Waals surface area contributed by atoms with Crippen LogP contribution in [0.25, 0.3) is 0 Å². The van der Waals surface area contributed by atoms with Gasteiger partial charge in [0.25, 0.3) is 0 Å². The van der Waals surface area contributed by atoms with E-state index in [-0.39, 0.29) is 16.7 Å². The molecule has 1 nitrogen and oxygen atoms in total. The van der Waals surface area contributed by atoms with Crippen molar-refractivity contribution >= 4 is 17.4 Å². The second-order valence-electron chi connectivity index (χ2n) is 4.61. The van der Waals surface area contributed by atoms with E-state index in [1.54, 1.807) is 12.1 Å². The van der Waals surface area contributed by atoms with Gasteiger partial charge in [0.1, 0.15) is 0 Å². The van der Waals surface area contributed by atoms with Crippen LogP contribution in [0.2, 0.25) is 0 Å². The Morgan fingerprint density at radius 2 is 1.79 bits per heavy atom. The van der Waals surface area contributed by atoms with Crippen LogP contribution in [0.3, 0.4) is 0 Å². The molecule has 19 heavy (non-hydrogen) atoms. The van der Waals surface area contributed by atoms with E-state index in [4.69, 9.17) is 0 Å². The summed E-state index contributed by atoms with van der Waals surface area (Å²) in [7, 11) is 0. The van der Waals surface area contributed by atoms with Crippen LogP contribution in [0.5, 0.6) is 0 Å². The van der Waals surface area contributed by atoms with Gasteiger partial charge in [0, 0.05) is 16.6 Å². The zero-order valence-corrected chi connectivity index (χ0v) is 12.1. The molecule has 1 aromatic carbocycles. The average Bonchev–Trinajstić information content (AvgIpc) is 2.30. The fraction of sp³-hybridized carbons (Fsp3) is 0.571. The fourth-order valence-electron chi connectivity index (χ4n) is 1.81. The number of halogens is 3. The molecule has 1 aromatic rings. The molecule has 1 unspecified atom stereocenters. The van der Waals surface area contributed by atoms with Crippen LogP contribution in [0.4, 0.5) is 18.9 Å². The van der Waals surface area contributed by atoms with Gasteiger partial charge >= 0.3 is 5.51 Å². The zero-order valence-electron chi connectivity index (χ0n) is 11.3. The molecule has 0 fully saturated rings. The van der Waals surface area contributed by atoms with E-state index >= 15 is 0 Å². The number of anilines is 1. The number of hydrogen-bond donors (Lipinski definition) is 1. The van der Waals surface area contributed by atoms with Gasteiger partial charge in [-0.1, -0.05) is 26.2 Å². The highest BCUT2D eigenvalue weighted by molar-refractivity contribution is 8.00. The molecule has 108 valence electrons. The second-order valence-corrected chi connectivity index (χ2v) is 5.75. The van der Waals surface area contributed by atoms with Gasteiger partial charge in [-0.05, 0) is 49.4 Å². The number of alkyl halides is 3. The van der Waals surface area contributed by atoms with E-state index < -0.39 is 5.51 Å². The molecule has 0 bridgehead atoms. The number of unbranched alkanes of at least 4 members (excludes halogenated alkanes) is 2. The van der Waals surface area contributed by atoms with Crippen LogP contribution in [0.1, 0.15) is 39.5 Å². The Morgan fingerprint density at radius 3 is 2.32 bits per heavy atom. The van der Waals surface area contributed by atoms with Gasteiger partial charge in [-0.2, -0.15) is 13.2 Å². The van der Waals surface area contributed by atoms with E-state index in [1.165, 1.54) is 31.4 Å². The molecule has 0 saturated heterocycles. The molecular weight excluding hydrogens is 271 g/mol. The van der Waals surface area contributed by atoms with Crippen molar-refractivity contribution in [3.8, 4) is 0 Å². The first-order valence-electron chi connectivity index (χ1n) is 6.53. The number of nitrogens with one attached hydrogen (secondary N) is 1. The van der Waals surface area contributed by atoms with Crippen LogP contribution in [-0.4, -0.2) is 11.6 Å². The quantitative estimate of drug-likeness (QED) is 0.512. The maximum atomic E-state index is 12.2. The minimum Gasteiger partial charge on any atom is -0.383 e. The standard InChI is InChI=1S/C14H20F3NS/c1-3-4-5-6-11(2)18-12-7-9-13(10-8-12)19-14(15,16)17/h7-11,18H,3-6H2,1-2H3. The number of rotatable bonds is 7. The first-order chi connectivity index (χ1) is 8.90. The molecule has 5 heteroatoms. The Bertz CT molecular complexity index is 362. The van der Waals surface area contributed by atoms with Crippen molar-refractivity contribution in [2.24, 2.45) is 0 Å². The van der Waals surface area contributed by atoms with Crippen LogP contribution in [0, 0.1) is 0 Å². The van der Waals surface area contributed by atoms with Gasteiger partial charge in [-0.25, -0.2) is 0 Å². The molecule has 0 aromatic heterocycles. The molecule has 1 rings (SSSR count). The lowest BCUT2D eigenvalue weighted by Crippen LogP contribution is -2.14. The summed E-state index contributed by atoms with van der Waals surface area (Å²) < 4.78 is 36.5. The summed E-state index contributed by atoms with van der Waals surface area (Å²) in [5.41, 5.74) is -3.35. The summed E-state index contributed by atoms with van der Waals surface area (Å²) in [5.74, 6) is 0. The van der Waals surface area contributed by atoms with E-state index in [0.717, 1.165) is 12.1 Å². The van der Waals surface area contributed by atoms with Crippen molar-refractivity contribution in [3.63, 3.8) is 0 Å². The maximum Gasteiger partial charge on any atom is 0.446 e. The minimum absolute atomic E-state index is 0.0826. The lowest BCUT2D eigenvalue weighted by molar-refractivity contribution is -0.0328. The highest BCUT2D eigenvalue weighted by Gasteiger charge is 2.28. The predicted octanol–water partition coefficient (Wildman–Crippen LogP) is 5.68. The molecule has 1 N–H and O–H groups in total. The Kier molecular flexibility index (Phi) is 6.55. The normalized spacial score (nSPS) is 13.3. The molecule has 0 amide bonds. The molecule has 1 atom stereocenters. The van der Waals surface area contributed by atoms with Gasteiger partial charge in [0.2, 0.25) is 0 Å². The van der Waals surface area contributed by atoms with Gasteiger partial charge in [0.15, 0.2) is 0 Å². The summed E-state index contributed by atoms with van der Waals surface area (Å²) in [5, 5.41) is 3.30. The highest BCUT2D eigenvalue weighted by Crippen LogP contribution is 2.37. The van der Waals surface area contributed by atoms with Crippen molar-refractivity contribution in [1.29, 1.82) is 0 Å². The lowest BCUT2D eigenvalue weighted by Gasteiger charge is -2.15. The molecule has 0 spiro atoms. The van der Waals surface area contributed by atoms with Crippen molar-refractivity contribution < 1.29 is 13.2 Å². The summed E-state index contributed by atoms with van der Waals surface area (Å²) in [6.45, 7) is 4.25. The number of thioether (sulfide) groups is 1. The molecule has 0 aliphatic rings. The Morgan fingerprint density at radius 1 is 1.16 bits per heavy atom. The van der Waals surface area contributed by atoms with Crippen molar-refractivity contribution in [1.82, 2.24) is 0 Å². The smallest absolute Gasteiger partial charge is 0.383 e. The summed E-state index contributed by atoms with van der Waals surface area (Å²) >= 11 is -0.0826. The van der Waals surface area contributed by atoms with E-state index in [1.807, 2.05) is 0 Å². The van der Waals surface area contributed by atoms with Crippen LogP contribution >= 0.6 is 11.8 Å². The maximum absolute atomic E-state index is 12.2. The largest absolute Gasteiger partial charge is 0.446 e. The predicted molar refractivity (Wildman–Crippen MR) is 75.6 cm³/mol. The van der Waals surface area contributed by atoms with Gasteiger partial charge < -0.3 is 5.32 Å². The van der Waals surface area contributed by atoms with Crippen LogP contribution < -0.4 is 5.32 Å². The molecule has 0 aliphatic carbocycles. The Balaban J connectivity index is 2.43. The molecule has 0 aliphatic heterocycles. The van der Waals surface area contributed by atoms with Crippen LogP contribution in [-0.2, 0) is 0 Å². The number of hydrogen-bond acceptors (Lipinski definition) is 2. The first-order valence-corrected chi connectivity index (χ1v) is 7.34. The molecule has 0 radical (unpaired) electrons. The third-order valence-electron chi connectivity index (χ3n) is 2.74. The zero-order chi connectivity index (χ0) is 14.3. The topological polar surface area (TPSA) is 12.0 Å². The third kappa shape index (κ3) is 7.35. The fourth-order valence-corrected chi connectivity index (χ4v) is 2.35. The Labute approximate surface area is 117 Å². The molecule has 0 heterocycles. The van der Waals surface area contributed by atoms with Gasteiger partial charge in [-0.3, -0.25) is 0 Å². The van der Waals surface area contributed by atoms with Crippen molar-refractivity contribution in [2.75, 3.05) is 5.32 Å².